The molecule has 2 rings (SSSR count). The molecule has 22 heavy (non-hydrogen) atoms. The second-order valence-electron chi connectivity index (χ2n) is 5.70. The SMILES string of the molecule is CCOc1ccc(F)cc1CCC(C)C(=O)N1CCNCC1. The van der Waals surface area contributed by atoms with Crippen molar-refractivity contribution in [2.24, 2.45) is 5.92 Å². The van der Waals surface area contributed by atoms with Gasteiger partial charge in [0.2, 0.25) is 5.91 Å². The third-order valence-corrected chi connectivity index (χ3v) is 4.02. The minimum absolute atomic E-state index is 0.0594. The Morgan fingerprint density at radius 3 is 2.82 bits per heavy atom. The average Bonchev–Trinajstić information content (AvgIpc) is 2.55. The molecule has 0 radical (unpaired) electrons. The van der Waals surface area contributed by atoms with Crippen LogP contribution in [0.4, 0.5) is 4.39 Å². The molecule has 1 aromatic rings. The van der Waals surface area contributed by atoms with E-state index in [1.807, 2.05) is 18.7 Å². The summed E-state index contributed by atoms with van der Waals surface area (Å²) in [5, 5.41) is 3.24. The van der Waals surface area contributed by atoms with Crippen LogP contribution >= 0.6 is 0 Å². The Bertz CT molecular complexity index is 501. The van der Waals surface area contributed by atoms with E-state index in [0.717, 1.165) is 31.7 Å². The first-order chi connectivity index (χ1) is 10.6. The van der Waals surface area contributed by atoms with Gasteiger partial charge in [0.1, 0.15) is 11.6 Å². The number of nitrogens with zero attached hydrogens (tertiary/aromatic N) is 1. The second-order valence-corrected chi connectivity index (χ2v) is 5.70. The van der Waals surface area contributed by atoms with E-state index < -0.39 is 0 Å². The Kier molecular flexibility index (Phi) is 6.19. The number of hydrogen-bond acceptors (Lipinski definition) is 3. The van der Waals surface area contributed by atoms with Crippen LogP contribution in [0.2, 0.25) is 0 Å². The monoisotopic (exact) mass is 308 g/mol. The van der Waals surface area contributed by atoms with E-state index in [-0.39, 0.29) is 17.6 Å². The number of carbonyl (C=O) groups is 1. The van der Waals surface area contributed by atoms with Crippen molar-refractivity contribution in [1.29, 1.82) is 0 Å². The standard InChI is InChI=1S/C17H25FN2O2/c1-3-22-16-7-6-15(18)12-14(16)5-4-13(2)17(21)20-10-8-19-9-11-20/h6-7,12-13,19H,3-5,8-11H2,1-2H3. The molecule has 1 amide bonds. The molecule has 0 saturated carbocycles. The highest BCUT2D eigenvalue weighted by Crippen LogP contribution is 2.23. The number of carbonyl (C=O) groups excluding carboxylic acids is 1. The van der Waals surface area contributed by atoms with Gasteiger partial charge in [0, 0.05) is 32.1 Å². The molecule has 1 unspecified atom stereocenters. The number of ether oxygens (including phenoxy) is 1. The lowest BCUT2D eigenvalue weighted by Gasteiger charge is -2.29. The summed E-state index contributed by atoms with van der Waals surface area (Å²) in [5.41, 5.74) is 0.835. The molecule has 1 aromatic carbocycles. The number of halogens is 1. The molecular weight excluding hydrogens is 283 g/mol. The van der Waals surface area contributed by atoms with Crippen molar-refractivity contribution < 1.29 is 13.9 Å². The maximum absolute atomic E-state index is 13.4. The Labute approximate surface area is 131 Å². The van der Waals surface area contributed by atoms with Crippen LogP contribution in [0.3, 0.4) is 0 Å². The van der Waals surface area contributed by atoms with Gasteiger partial charge in [-0.15, -0.1) is 0 Å². The molecule has 0 aliphatic carbocycles. The normalized spacial score (nSPS) is 16.4. The minimum Gasteiger partial charge on any atom is -0.494 e. The molecule has 4 nitrogen and oxygen atoms in total. The summed E-state index contributed by atoms with van der Waals surface area (Å²) in [6, 6.07) is 4.58. The molecule has 122 valence electrons. The number of benzene rings is 1. The van der Waals surface area contributed by atoms with E-state index in [0.29, 0.717) is 25.2 Å². The van der Waals surface area contributed by atoms with Gasteiger partial charge in [-0.3, -0.25) is 4.79 Å². The summed E-state index contributed by atoms with van der Waals surface area (Å²) < 4.78 is 19.0. The number of amides is 1. The van der Waals surface area contributed by atoms with Gasteiger partial charge in [0.25, 0.3) is 0 Å². The fraction of sp³-hybridized carbons (Fsp3) is 0.588. The fourth-order valence-electron chi connectivity index (χ4n) is 2.73. The van der Waals surface area contributed by atoms with E-state index in [1.54, 1.807) is 6.07 Å². The number of rotatable bonds is 6. The molecule has 1 saturated heterocycles. The van der Waals surface area contributed by atoms with E-state index in [4.69, 9.17) is 4.74 Å². The molecule has 0 aromatic heterocycles. The summed E-state index contributed by atoms with van der Waals surface area (Å²) >= 11 is 0. The molecule has 1 fully saturated rings. The highest BCUT2D eigenvalue weighted by atomic mass is 19.1. The van der Waals surface area contributed by atoms with E-state index >= 15 is 0 Å². The molecule has 5 heteroatoms. The first kappa shape index (κ1) is 16.7. The predicted octanol–water partition coefficient (Wildman–Crippen LogP) is 2.22. The average molecular weight is 308 g/mol. The molecule has 0 spiro atoms. The zero-order valence-electron chi connectivity index (χ0n) is 13.4. The van der Waals surface area contributed by atoms with Crippen molar-refractivity contribution in [3.63, 3.8) is 0 Å². The van der Waals surface area contributed by atoms with Gasteiger partial charge >= 0.3 is 0 Å². The number of nitrogens with one attached hydrogen (secondary N) is 1. The lowest BCUT2D eigenvalue weighted by atomic mass is 9.99. The predicted molar refractivity (Wildman–Crippen MR) is 84.5 cm³/mol. The summed E-state index contributed by atoms with van der Waals surface area (Å²) in [6.07, 6.45) is 1.35. The third kappa shape index (κ3) is 4.44. The number of hydrogen-bond donors (Lipinski definition) is 1. The Morgan fingerprint density at radius 2 is 2.14 bits per heavy atom. The van der Waals surface area contributed by atoms with Crippen LogP contribution in [0.25, 0.3) is 0 Å². The van der Waals surface area contributed by atoms with Crippen LogP contribution in [0.15, 0.2) is 18.2 Å². The van der Waals surface area contributed by atoms with Gasteiger partial charge in [-0.1, -0.05) is 6.92 Å². The topological polar surface area (TPSA) is 41.6 Å². The van der Waals surface area contributed by atoms with Crippen LogP contribution in [0.5, 0.6) is 5.75 Å². The number of piperazine rings is 1. The van der Waals surface area contributed by atoms with Gasteiger partial charge in [0.05, 0.1) is 6.61 Å². The molecule has 1 heterocycles. The summed E-state index contributed by atoms with van der Waals surface area (Å²) in [6.45, 7) is 7.66. The van der Waals surface area contributed by atoms with Gasteiger partial charge < -0.3 is 15.0 Å². The molecule has 1 aliphatic rings. The van der Waals surface area contributed by atoms with Crippen molar-refractivity contribution in [3.05, 3.63) is 29.6 Å². The highest BCUT2D eigenvalue weighted by Gasteiger charge is 2.22. The molecular formula is C17H25FN2O2. The van der Waals surface area contributed by atoms with Crippen LogP contribution in [-0.2, 0) is 11.2 Å². The van der Waals surface area contributed by atoms with Gasteiger partial charge in [-0.05, 0) is 43.5 Å². The van der Waals surface area contributed by atoms with Gasteiger partial charge in [-0.2, -0.15) is 0 Å². The smallest absolute Gasteiger partial charge is 0.225 e. The molecule has 1 N–H and O–H groups in total. The highest BCUT2D eigenvalue weighted by molar-refractivity contribution is 5.78. The van der Waals surface area contributed by atoms with Crippen LogP contribution < -0.4 is 10.1 Å². The quantitative estimate of drug-likeness (QED) is 0.876. The zero-order chi connectivity index (χ0) is 15.9. The molecule has 0 bridgehead atoms. The summed E-state index contributed by atoms with van der Waals surface area (Å²) in [4.78, 5) is 14.3. The van der Waals surface area contributed by atoms with E-state index in [9.17, 15) is 9.18 Å². The Balaban J connectivity index is 1.93. The third-order valence-electron chi connectivity index (χ3n) is 4.02. The molecule has 1 atom stereocenters. The Hall–Kier alpha value is -1.62. The van der Waals surface area contributed by atoms with Crippen molar-refractivity contribution in [2.75, 3.05) is 32.8 Å². The van der Waals surface area contributed by atoms with Crippen molar-refractivity contribution in [1.82, 2.24) is 10.2 Å². The van der Waals surface area contributed by atoms with E-state index in [1.165, 1.54) is 12.1 Å². The summed E-state index contributed by atoms with van der Waals surface area (Å²) in [7, 11) is 0. The van der Waals surface area contributed by atoms with Crippen LogP contribution in [0.1, 0.15) is 25.8 Å². The number of aryl methyl sites for hydroxylation is 1. The zero-order valence-corrected chi connectivity index (χ0v) is 13.4. The van der Waals surface area contributed by atoms with Crippen molar-refractivity contribution >= 4 is 5.91 Å². The van der Waals surface area contributed by atoms with Crippen LogP contribution in [0, 0.1) is 11.7 Å². The largest absolute Gasteiger partial charge is 0.494 e. The van der Waals surface area contributed by atoms with Crippen molar-refractivity contribution in [2.45, 2.75) is 26.7 Å². The fourth-order valence-corrected chi connectivity index (χ4v) is 2.73. The second kappa shape index (κ2) is 8.13. The van der Waals surface area contributed by atoms with E-state index in [2.05, 4.69) is 5.32 Å². The van der Waals surface area contributed by atoms with Crippen LogP contribution in [-0.4, -0.2) is 43.6 Å². The minimum atomic E-state index is -0.264. The lowest BCUT2D eigenvalue weighted by Crippen LogP contribution is -2.48. The van der Waals surface area contributed by atoms with Gasteiger partial charge in [0.15, 0.2) is 0 Å². The van der Waals surface area contributed by atoms with Gasteiger partial charge in [-0.25, -0.2) is 4.39 Å². The summed E-state index contributed by atoms with van der Waals surface area (Å²) in [5.74, 6) is 0.581. The maximum atomic E-state index is 13.4. The molecule has 1 aliphatic heterocycles. The lowest BCUT2D eigenvalue weighted by molar-refractivity contribution is -0.135. The van der Waals surface area contributed by atoms with Crippen molar-refractivity contribution in [3.8, 4) is 5.75 Å². The Morgan fingerprint density at radius 1 is 1.41 bits per heavy atom. The first-order valence-electron chi connectivity index (χ1n) is 8.02. The first-order valence-corrected chi connectivity index (χ1v) is 8.02. The maximum Gasteiger partial charge on any atom is 0.225 e.